The molecule has 1 aromatic carbocycles. The van der Waals surface area contributed by atoms with Crippen LogP contribution in [0.1, 0.15) is 11.5 Å². The lowest BCUT2D eigenvalue weighted by atomic mass is 10.1. The van der Waals surface area contributed by atoms with Crippen LogP contribution in [0.25, 0.3) is 11.3 Å². The van der Waals surface area contributed by atoms with Gasteiger partial charge in [-0.2, -0.15) is 0 Å². The molecule has 0 bridgehead atoms. The van der Waals surface area contributed by atoms with Crippen molar-refractivity contribution in [1.29, 1.82) is 0 Å². The molecule has 5 heteroatoms. The minimum absolute atomic E-state index is 0.129. The van der Waals surface area contributed by atoms with Gasteiger partial charge in [-0.15, -0.1) is 0 Å². The minimum Gasteiger partial charge on any atom is -0.465 e. The van der Waals surface area contributed by atoms with Crippen LogP contribution in [0.4, 0.5) is 5.69 Å². The smallest absolute Gasteiger partial charge is 0.264 e. The maximum Gasteiger partial charge on any atom is 0.264 e. The van der Waals surface area contributed by atoms with Gasteiger partial charge in [0.1, 0.15) is 11.5 Å². The average Bonchev–Trinajstić information content (AvgIpc) is 3.06. The highest BCUT2D eigenvalue weighted by molar-refractivity contribution is 5.62. The molecule has 0 unspecified atom stereocenters. The molecular formula is C15H15N3O2. The number of rotatable bonds is 4. The minimum atomic E-state index is -0.129. The SMILES string of the molecule is Cc1ccc(CNc2ccc(-c3cc(=O)[nH][nH]3)cc2)o1. The summed E-state index contributed by atoms with van der Waals surface area (Å²) in [5.74, 6) is 1.81. The van der Waals surface area contributed by atoms with Gasteiger partial charge in [-0.1, -0.05) is 12.1 Å². The van der Waals surface area contributed by atoms with Crippen molar-refractivity contribution >= 4 is 5.69 Å². The summed E-state index contributed by atoms with van der Waals surface area (Å²) in [7, 11) is 0. The Hall–Kier alpha value is -2.69. The highest BCUT2D eigenvalue weighted by Gasteiger charge is 2.02. The van der Waals surface area contributed by atoms with E-state index in [1.165, 1.54) is 6.07 Å². The lowest BCUT2D eigenvalue weighted by Crippen LogP contribution is -1.97. The maximum atomic E-state index is 11.1. The van der Waals surface area contributed by atoms with Crippen LogP contribution >= 0.6 is 0 Å². The Morgan fingerprint density at radius 1 is 1.10 bits per heavy atom. The number of hydrogen-bond donors (Lipinski definition) is 3. The van der Waals surface area contributed by atoms with E-state index >= 15 is 0 Å². The van der Waals surface area contributed by atoms with Gasteiger partial charge in [0.2, 0.25) is 0 Å². The third kappa shape index (κ3) is 2.66. The van der Waals surface area contributed by atoms with Crippen LogP contribution in [0.15, 0.2) is 51.7 Å². The molecule has 2 heterocycles. The van der Waals surface area contributed by atoms with Crippen LogP contribution < -0.4 is 10.9 Å². The standard InChI is InChI=1S/C15H15N3O2/c1-10-2-7-13(20-10)9-16-12-5-3-11(4-6-12)14-8-15(19)18-17-14/h2-8,16H,9H2,1H3,(H2,17,18,19). The zero-order chi connectivity index (χ0) is 13.9. The number of aromatic amines is 2. The van der Waals surface area contributed by atoms with Crippen LogP contribution in [0.5, 0.6) is 0 Å². The summed E-state index contributed by atoms with van der Waals surface area (Å²) in [5, 5.41) is 8.64. The molecule has 5 nitrogen and oxygen atoms in total. The first-order chi connectivity index (χ1) is 9.70. The molecule has 102 valence electrons. The van der Waals surface area contributed by atoms with Gasteiger partial charge in [0.15, 0.2) is 0 Å². The van der Waals surface area contributed by atoms with Gasteiger partial charge in [-0.3, -0.25) is 15.0 Å². The van der Waals surface area contributed by atoms with Gasteiger partial charge < -0.3 is 9.73 Å². The second kappa shape index (κ2) is 5.13. The molecule has 0 spiro atoms. The van der Waals surface area contributed by atoms with E-state index in [0.29, 0.717) is 6.54 Å². The lowest BCUT2D eigenvalue weighted by Gasteiger charge is -2.05. The zero-order valence-electron chi connectivity index (χ0n) is 11.1. The van der Waals surface area contributed by atoms with Crippen molar-refractivity contribution in [2.75, 3.05) is 5.32 Å². The second-order valence-electron chi connectivity index (χ2n) is 4.62. The van der Waals surface area contributed by atoms with Crippen molar-refractivity contribution in [1.82, 2.24) is 10.2 Å². The van der Waals surface area contributed by atoms with Crippen LogP contribution in [0.2, 0.25) is 0 Å². The molecule has 0 amide bonds. The van der Waals surface area contributed by atoms with Gasteiger partial charge in [0, 0.05) is 11.8 Å². The fourth-order valence-electron chi connectivity index (χ4n) is 2.02. The number of nitrogens with one attached hydrogen (secondary N) is 3. The number of aryl methyl sites for hydroxylation is 1. The molecule has 2 aromatic heterocycles. The number of furan rings is 1. The molecule has 0 atom stereocenters. The number of hydrogen-bond acceptors (Lipinski definition) is 3. The summed E-state index contributed by atoms with van der Waals surface area (Å²) in [5.41, 5.74) is 2.61. The third-order valence-electron chi connectivity index (χ3n) is 3.05. The van der Waals surface area contributed by atoms with E-state index in [9.17, 15) is 4.79 Å². The molecule has 0 saturated carbocycles. The van der Waals surface area contributed by atoms with E-state index in [1.54, 1.807) is 0 Å². The van der Waals surface area contributed by atoms with E-state index in [1.807, 2.05) is 43.3 Å². The Morgan fingerprint density at radius 2 is 1.90 bits per heavy atom. The predicted molar refractivity (Wildman–Crippen MR) is 77.6 cm³/mol. The molecule has 20 heavy (non-hydrogen) atoms. The van der Waals surface area contributed by atoms with E-state index in [-0.39, 0.29) is 5.56 Å². The first-order valence-electron chi connectivity index (χ1n) is 6.38. The van der Waals surface area contributed by atoms with Crippen molar-refractivity contribution in [2.24, 2.45) is 0 Å². The summed E-state index contributed by atoms with van der Waals surface area (Å²) in [6.45, 7) is 2.57. The molecule has 0 radical (unpaired) electrons. The fraction of sp³-hybridized carbons (Fsp3) is 0.133. The Kier molecular flexibility index (Phi) is 3.16. The van der Waals surface area contributed by atoms with Gasteiger partial charge >= 0.3 is 0 Å². The highest BCUT2D eigenvalue weighted by Crippen LogP contribution is 2.18. The average molecular weight is 269 g/mol. The topological polar surface area (TPSA) is 73.8 Å². The molecule has 0 aliphatic carbocycles. The Bertz CT molecular complexity index is 750. The van der Waals surface area contributed by atoms with E-state index in [0.717, 1.165) is 28.5 Å². The molecule has 3 N–H and O–H groups in total. The molecule has 3 rings (SSSR count). The predicted octanol–water partition coefficient (Wildman–Crippen LogP) is 2.88. The normalized spacial score (nSPS) is 10.7. The zero-order valence-corrected chi connectivity index (χ0v) is 11.1. The monoisotopic (exact) mass is 269 g/mol. The number of benzene rings is 1. The van der Waals surface area contributed by atoms with Crippen molar-refractivity contribution in [2.45, 2.75) is 13.5 Å². The maximum absolute atomic E-state index is 11.1. The van der Waals surface area contributed by atoms with Crippen molar-refractivity contribution in [3.8, 4) is 11.3 Å². The van der Waals surface area contributed by atoms with Gasteiger partial charge in [-0.25, -0.2) is 0 Å². The van der Waals surface area contributed by atoms with Crippen LogP contribution in [-0.4, -0.2) is 10.2 Å². The number of anilines is 1. The summed E-state index contributed by atoms with van der Waals surface area (Å²) >= 11 is 0. The first kappa shape index (κ1) is 12.3. The summed E-state index contributed by atoms with van der Waals surface area (Å²) < 4.78 is 5.49. The fourth-order valence-corrected chi connectivity index (χ4v) is 2.02. The van der Waals surface area contributed by atoms with Crippen molar-refractivity contribution in [3.05, 3.63) is 64.3 Å². The highest BCUT2D eigenvalue weighted by atomic mass is 16.3. The quantitative estimate of drug-likeness (QED) is 0.681. The molecule has 0 saturated heterocycles. The first-order valence-corrected chi connectivity index (χ1v) is 6.38. The van der Waals surface area contributed by atoms with E-state index in [4.69, 9.17) is 4.42 Å². The molecule has 0 fully saturated rings. The van der Waals surface area contributed by atoms with Gasteiger partial charge in [0.25, 0.3) is 5.56 Å². The number of H-pyrrole nitrogens is 2. The molecule has 0 aliphatic rings. The molecule has 0 aliphatic heterocycles. The molecular weight excluding hydrogens is 254 g/mol. The van der Waals surface area contributed by atoms with Crippen LogP contribution in [-0.2, 0) is 6.54 Å². The van der Waals surface area contributed by atoms with Crippen LogP contribution in [0, 0.1) is 6.92 Å². The number of aromatic nitrogens is 2. The van der Waals surface area contributed by atoms with E-state index in [2.05, 4.69) is 15.5 Å². The lowest BCUT2D eigenvalue weighted by molar-refractivity contribution is 0.490. The second-order valence-corrected chi connectivity index (χ2v) is 4.62. The van der Waals surface area contributed by atoms with Gasteiger partial charge in [-0.05, 0) is 36.8 Å². The molecule has 3 aromatic rings. The third-order valence-corrected chi connectivity index (χ3v) is 3.05. The Morgan fingerprint density at radius 3 is 2.50 bits per heavy atom. The summed E-state index contributed by atoms with van der Waals surface area (Å²) in [6.07, 6.45) is 0. The largest absolute Gasteiger partial charge is 0.465 e. The summed E-state index contributed by atoms with van der Waals surface area (Å²) in [6, 6.07) is 13.3. The Balaban J connectivity index is 1.68. The summed E-state index contributed by atoms with van der Waals surface area (Å²) in [4.78, 5) is 11.1. The van der Waals surface area contributed by atoms with Crippen molar-refractivity contribution in [3.63, 3.8) is 0 Å². The van der Waals surface area contributed by atoms with Crippen LogP contribution in [0.3, 0.4) is 0 Å². The van der Waals surface area contributed by atoms with Crippen molar-refractivity contribution < 1.29 is 4.42 Å². The van der Waals surface area contributed by atoms with Gasteiger partial charge in [0.05, 0.1) is 12.2 Å². The Labute approximate surface area is 115 Å². The van der Waals surface area contributed by atoms with E-state index < -0.39 is 0 Å².